The predicted octanol–water partition coefficient (Wildman–Crippen LogP) is 2.28. The summed E-state index contributed by atoms with van der Waals surface area (Å²) in [5.74, 6) is 1.44. The molecule has 0 aromatic carbocycles. The van der Waals surface area contributed by atoms with Crippen molar-refractivity contribution < 1.29 is 8.76 Å². The van der Waals surface area contributed by atoms with Crippen molar-refractivity contribution in [3.05, 3.63) is 18.2 Å². The molecule has 0 N–H and O–H groups in total. The Bertz CT molecular complexity index is 339. The molecule has 0 saturated heterocycles. The largest absolute Gasteiger partial charge is 0.772 e. The van der Waals surface area contributed by atoms with E-state index in [9.17, 15) is 8.76 Å². The van der Waals surface area contributed by atoms with Crippen LogP contribution in [0.2, 0.25) is 0 Å². The second kappa shape index (κ2) is 8.42. The first-order valence-corrected chi connectivity index (χ1v) is 7.54. The molecule has 98 valence electrons. The van der Waals surface area contributed by atoms with Gasteiger partial charge in [-0.2, -0.15) is 0 Å². The molecular formula is C12H21N2O2S-. The fourth-order valence-corrected chi connectivity index (χ4v) is 2.23. The van der Waals surface area contributed by atoms with Crippen molar-refractivity contribution in [2.75, 3.05) is 5.75 Å². The minimum absolute atomic E-state index is 0.284. The number of nitrogens with zero attached hydrogens (tertiary/aromatic N) is 2. The molecule has 1 rings (SSSR count). The van der Waals surface area contributed by atoms with Gasteiger partial charge >= 0.3 is 0 Å². The molecular weight excluding hydrogens is 236 g/mol. The molecule has 0 fully saturated rings. The lowest BCUT2D eigenvalue weighted by Crippen LogP contribution is -2.04. The zero-order valence-electron chi connectivity index (χ0n) is 10.4. The van der Waals surface area contributed by atoms with E-state index < -0.39 is 11.1 Å². The molecule has 0 aliphatic rings. The summed E-state index contributed by atoms with van der Waals surface area (Å²) in [4.78, 5) is 4.35. The maximum Gasteiger partial charge on any atom is 0.108 e. The van der Waals surface area contributed by atoms with Crippen molar-refractivity contribution in [2.45, 2.75) is 52.0 Å². The van der Waals surface area contributed by atoms with Crippen molar-refractivity contribution >= 4 is 11.1 Å². The Kier molecular flexibility index (Phi) is 7.12. The zero-order chi connectivity index (χ0) is 12.5. The summed E-state index contributed by atoms with van der Waals surface area (Å²) in [5.41, 5.74) is 0. The fourth-order valence-electron chi connectivity index (χ4n) is 1.79. The second-order valence-corrected chi connectivity index (χ2v) is 5.22. The van der Waals surface area contributed by atoms with Gasteiger partial charge in [0.05, 0.1) is 0 Å². The van der Waals surface area contributed by atoms with Gasteiger partial charge in [0.15, 0.2) is 0 Å². The average Bonchev–Trinajstić information content (AvgIpc) is 2.73. The van der Waals surface area contributed by atoms with Crippen LogP contribution in [0.3, 0.4) is 0 Å². The van der Waals surface area contributed by atoms with Crippen LogP contribution in [0, 0.1) is 0 Å². The zero-order valence-corrected chi connectivity index (χ0v) is 11.2. The van der Waals surface area contributed by atoms with Gasteiger partial charge in [-0.3, -0.25) is 4.21 Å². The van der Waals surface area contributed by atoms with Crippen LogP contribution in [-0.2, 0) is 24.0 Å². The van der Waals surface area contributed by atoms with Gasteiger partial charge in [0.2, 0.25) is 0 Å². The lowest BCUT2D eigenvalue weighted by molar-refractivity contribution is 0.528. The topological polar surface area (TPSA) is 58.0 Å². The SMILES string of the molecule is CCCCc1nccn1CCCCCS(=O)[O-]. The smallest absolute Gasteiger partial charge is 0.108 e. The summed E-state index contributed by atoms with van der Waals surface area (Å²) < 4.78 is 22.9. The highest BCUT2D eigenvalue weighted by molar-refractivity contribution is 7.79. The molecule has 1 atom stereocenters. The van der Waals surface area contributed by atoms with Crippen LogP contribution in [0.4, 0.5) is 0 Å². The maximum absolute atomic E-state index is 10.3. The number of aryl methyl sites for hydroxylation is 2. The molecule has 5 heteroatoms. The van der Waals surface area contributed by atoms with Crippen molar-refractivity contribution in [1.82, 2.24) is 9.55 Å². The summed E-state index contributed by atoms with van der Waals surface area (Å²) in [6, 6.07) is 0. The number of rotatable bonds is 9. The second-order valence-electron chi connectivity index (χ2n) is 4.21. The van der Waals surface area contributed by atoms with E-state index in [1.165, 1.54) is 12.8 Å². The normalized spacial score (nSPS) is 12.8. The van der Waals surface area contributed by atoms with Gasteiger partial charge in [-0.05, 0) is 19.3 Å². The van der Waals surface area contributed by atoms with Crippen LogP contribution < -0.4 is 0 Å². The summed E-state index contributed by atoms with van der Waals surface area (Å²) >= 11 is -1.88. The molecule has 0 radical (unpaired) electrons. The maximum atomic E-state index is 10.3. The Morgan fingerprint density at radius 1 is 1.35 bits per heavy atom. The summed E-state index contributed by atoms with van der Waals surface area (Å²) in [7, 11) is 0. The molecule has 17 heavy (non-hydrogen) atoms. The van der Waals surface area contributed by atoms with E-state index in [1.54, 1.807) is 0 Å². The van der Waals surface area contributed by atoms with E-state index in [0.29, 0.717) is 0 Å². The molecule has 0 aliphatic carbocycles. The van der Waals surface area contributed by atoms with Crippen molar-refractivity contribution in [2.24, 2.45) is 0 Å². The van der Waals surface area contributed by atoms with E-state index in [4.69, 9.17) is 0 Å². The van der Waals surface area contributed by atoms with Crippen LogP contribution in [0.15, 0.2) is 12.4 Å². The third-order valence-corrected chi connectivity index (χ3v) is 3.39. The molecule has 1 aromatic heterocycles. The Morgan fingerprint density at radius 3 is 2.88 bits per heavy atom. The van der Waals surface area contributed by atoms with E-state index in [1.807, 2.05) is 12.4 Å². The van der Waals surface area contributed by atoms with Gasteiger partial charge in [-0.15, -0.1) is 0 Å². The van der Waals surface area contributed by atoms with E-state index in [-0.39, 0.29) is 5.75 Å². The van der Waals surface area contributed by atoms with Gasteiger partial charge in [0, 0.05) is 31.1 Å². The van der Waals surface area contributed by atoms with Crippen molar-refractivity contribution in [3.8, 4) is 0 Å². The van der Waals surface area contributed by atoms with Crippen LogP contribution in [-0.4, -0.2) is 24.1 Å². The summed E-state index contributed by atoms with van der Waals surface area (Å²) in [6.07, 6.45) is 9.98. The highest BCUT2D eigenvalue weighted by Crippen LogP contribution is 2.06. The minimum atomic E-state index is -1.88. The van der Waals surface area contributed by atoms with Gasteiger partial charge in [0.1, 0.15) is 5.82 Å². The standard InChI is InChI=1S/C12H22N2O2S/c1-2-3-7-12-13-8-10-14(12)9-5-4-6-11-17(15)16/h8,10H,2-7,9,11H2,1H3,(H,15,16)/p-1. The molecule has 1 heterocycles. The molecule has 0 bridgehead atoms. The highest BCUT2D eigenvalue weighted by Gasteiger charge is 2.01. The number of hydrogen-bond donors (Lipinski definition) is 0. The molecule has 1 aromatic rings. The van der Waals surface area contributed by atoms with Crippen LogP contribution >= 0.6 is 0 Å². The highest BCUT2D eigenvalue weighted by atomic mass is 32.2. The first kappa shape index (κ1) is 14.4. The minimum Gasteiger partial charge on any atom is -0.772 e. The lowest BCUT2D eigenvalue weighted by Gasteiger charge is -2.08. The Morgan fingerprint density at radius 2 is 2.18 bits per heavy atom. The quantitative estimate of drug-likeness (QED) is 0.503. The van der Waals surface area contributed by atoms with Crippen LogP contribution in [0.1, 0.15) is 44.9 Å². The molecule has 0 aliphatic heterocycles. The van der Waals surface area contributed by atoms with Gasteiger partial charge in [-0.1, -0.05) is 30.8 Å². The molecule has 4 nitrogen and oxygen atoms in total. The first-order valence-electron chi connectivity index (χ1n) is 6.30. The number of imidazole rings is 1. The first-order chi connectivity index (χ1) is 8.24. The molecule has 1 unspecified atom stereocenters. The third-order valence-electron chi connectivity index (χ3n) is 2.77. The van der Waals surface area contributed by atoms with Crippen molar-refractivity contribution in [1.29, 1.82) is 0 Å². The van der Waals surface area contributed by atoms with Crippen molar-refractivity contribution in [3.63, 3.8) is 0 Å². The molecule has 0 spiro atoms. The number of hydrogen-bond acceptors (Lipinski definition) is 3. The number of aromatic nitrogens is 2. The Labute approximate surface area is 106 Å². The van der Waals surface area contributed by atoms with Gasteiger partial charge in [0.25, 0.3) is 0 Å². The van der Waals surface area contributed by atoms with E-state index in [0.717, 1.165) is 38.1 Å². The number of unbranched alkanes of at least 4 members (excludes halogenated alkanes) is 3. The Balaban J connectivity index is 2.21. The molecule has 0 saturated carbocycles. The average molecular weight is 257 g/mol. The third kappa shape index (κ3) is 5.98. The van der Waals surface area contributed by atoms with Crippen LogP contribution in [0.25, 0.3) is 0 Å². The lowest BCUT2D eigenvalue weighted by atomic mass is 10.2. The van der Waals surface area contributed by atoms with Gasteiger partial charge in [-0.25, -0.2) is 4.98 Å². The van der Waals surface area contributed by atoms with Crippen LogP contribution in [0.5, 0.6) is 0 Å². The fraction of sp³-hybridized carbons (Fsp3) is 0.750. The summed E-state index contributed by atoms with van der Waals surface area (Å²) in [5, 5.41) is 0. The summed E-state index contributed by atoms with van der Waals surface area (Å²) in [6.45, 7) is 3.13. The molecule has 0 amide bonds. The van der Waals surface area contributed by atoms with Gasteiger partial charge < -0.3 is 9.12 Å². The van der Waals surface area contributed by atoms with E-state index >= 15 is 0 Å². The van der Waals surface area contributed by atoms with E-state index in [2.05, 4.69) is 16.5 Å². The predicted molar refractivity (Wildman–Crippen MR) is 68.5 cm³/mol. The Hall–Kier alpha value is -0.680. The monoisotopic (exact) mass is 257 g/mol.